The molecule has 112 valence electrons. The molecule has 1 aliphatic rings. The van der Waals surface area contributed by atoms with Crippen molar-refractivity contribution >= 4 is 28.2 Å². The summed E-state index contributed by atoms with van der Waals surface area (Å²) in [5.74, 6) is 1.72. The second-order valence-corrected chi connectivity index (χ2v) is 5.83. The van der Waals surface area contributed by atoms with E-state index in [1.165, 1.54) is 0 Å². The van der Waals surface area contributed by atoms with Gasteiger partial charge in [-0.05, 0) is 12.5 Å². The number of nitrogens with zero attached hydrogens (tertiary/aromatic N) is 5. The minimum atomic E-state index is 0.719. The number of hydrogen-bond acceptors (Lipinski definition) is 7. The normalized spacial score (nSPS) is 15.3. The highest BCUT2D eigenvalue weighted by Crippen LogP contribution is 2.21. The van der Waals surface area contributed by atoms with Gasteiger partial charge in [-0.15, -0.1) is 11.3 Å². The first-order valence-corrected chi connectivity index (χ1v) is 8.21. The van der Waals surface area contributed by atoms with E-state index in [1.807, 2.05) is 23.8 Å². The van der Waals surface area contributed by atoms with E-state index in [-0.39, 0.29) is 0 Å². The van der Waals surface area contributed by atoms with E-state index in [2.05, 4.69) is 37.0 Å². The Balaban J connectivity index is 1.61. The number of anilines is 3. The lowest BCUT2D eigenvalue weighted by Gasteiger charge is -2.35. The van der Waals surface area contributed by atoms with Crippen molar-refractivity contribution in [3.8, 4) is 0 Å². The van der Waals surface area contributed by atoms with Gasteiger partial charge < -0.3 is 15.1 Å². The molecule has 1 N–H and O–H groups in total. The van der Waals surface area contributed by atoms with Crippen LogP contribution in [0.4, 0.5) is 16.9 Å². The van der Waals surface area contributed by atoms with Crippen LogP contribution in [0.2, 0.25) is 0 Å². The summed E-state index contributed by atoms with van der Waals surface area (Å²) in [6, 6.07) is 1.98. The molecule has 0 unspecified atom stereocenters. The summed E-state index contributed by atoms with van der Waals surface area (Å²) in [7, 11) is 0. The van der Waals surface area contributed by atoms with Crippen LogP contribution in [-0.2, 0) is 0 Å². The van der Waals surface area contributed by atoms with Crippen LogP contribution in [-0.4, -0.2) is 47.7 Å². The number of rotatable bonds is 5. The molecule has 0 radical (unpaired) electrons. The topological polar surface area (TPSA) is 57.2 Å². The van der Waals surface area contributed by atoms with Crippen LogP contribution in [0.1, 0.15) is 13.3 Å². The number of piperazine rings is 1. The zero-order valence-electron chi connectivity index (χ0n) is 12.2. The molecule has 0 saturated carbocycles. The van der Waals surface area contributed by atoms with Gasteiger partial charge in [0.05, 0.1) is 0 Å². The molecule has 3 rings (SSSR count). The smallest absolute Gasteiger partial charge is 0.224 e. The van der Waals surface area contributed by atoms with Crippen molar-refractivity contribution in [2.45, 2.75) is 13.3 Å². The Kier molecular flexibility index (Phi) is 4.49. The summed E-state index contributed by atoms with van der Waals surface area (Å²) in [4.78, 5) is 17.9. The van der Waals surface area contributed by atoms with Crippen molar-refractivity contribution in [1.29, 1.82) is 0 Å². The average molecular weight is 304 g/mol. The Labute approximate surface area is 128 Å². The highest BCUT2D eigenvalue weighted by Gasteiger charge is 2.19. The molecule has 2 aromatic rings. The minimum Gasteiger partial charge on any atom is -0.354 e. The van der Waals surface area contributed by atoms with E-state index in [0.717, 1.165) is 56.0 Å². The first kappa shape index (κ1) is 14.1. The second kappa shape index (κ2) is 6.71. The van der Waals surface area contributed by atoms with E-state index in [0.29, 0.717) is 0 Å². The summed E-state index contributed by atoms with van der Waals surface area (Å²) in [5, 5.41) is 6.38. The van der Waals surface area contributed by atoms with Gasteiger partial charge in [0.1, 0.15) is 5.82 Å². The molecule has 7 heteroatoms. The Hall–Kier alpha value is -1.89. The van der Waals surface area contributed by atoms with Crippen LogP contribution >= 0.6 is 11.3 Å². The van der Waals surface area contributed by atoms with E-state index in [1.54, 1.807) is 11.3 Å². The van der Waals surface area contributed by atoms with Gasteiger partial charge in [-0.1, -0.05) is 6.92 Å². The van der Waals surface area contributed by atoms with Crippen molar-refractivity contribution in [1.82, 2.24) is 15.0 Å². The monoisotopic (exact) mass is 304 g/mol. The predicted octanol–water partition coefficient (Wildman–Crippen LogP) is 2.08. The van der Waals surface area contributed by atoms with Crippen LogP contribution in [0.25, 0.3) is 0 Å². The van der Waals surface area contributed by atoms with E-state index in [4.69, 9.17) is 0 Å². The molecule has 0 amide bonds. The molecular formula is C14H20N6S. The fraction of sp³-hybridized carbons (Fsp3) is 0.500. The van der Waals surface area contributed by atoms with Crippen LogP contribution in [0, 0.1) is 0 Å². The molecule has 1 fully saturated rings. The predicted molar refractivity (Wildman–Crippen MR) is 87.4 cm³/mol. The molecule has 1 saturated heterocycles. The number of thiazole rings is 1. The molecule has 2 aromatic heterocycles. The molecule has 0 aliphatic carbocycles. The van der Waals surface area contributed by atoms with Gasteiger partial charge in [-0.25, -0.2) is 9.97 Å². The summed E-state index contributed by atoms with van der Waals surface area (Å²) in [6.45, 7) is 6.92. The van der Waals surface area contributed by atoms with E-state index >= 15 is 0 Å². The Morgan fingerprint density at radius 3 is 2.67 bits per heavy atom. The van der Waals surface area contributed by atoms with Crippen molar-refractivity contribution < 1.29 is 0 Å². The maximum Gasteiger partial charge on any atom is 0.224 e. The third-order valence-electron chi connectivity index (χ3n) is 3.47. The fourth-order valence-corrected chi connectivity index (χ4v) is 3.04. The van der Waals surface area contributed by atoms with Crippen LogP contribution < -0.4 is 15.1 Å². The van der Waals surface area contributed by atoms with Gasteiger partial charge in [0.15, 0.2) is 5.13 Å². The maximum atomic E-state index is 4.59. The molecule has 1 aliphatic heterocycles. The summed E-state index contributed by atoms with van der Waals surface area (Å²) in [5.41, 5.74) is 0. The first-order chi connectivity index (χ1) is 10.4. The Morgan fingerprint density at radius 2 is 1.95 bits per heavy atom. The SMILES string of the molecule is CCCNc1nccc(N2CCN(c3nccs3)CC2)n1. The van der Waals surface area contributed by atoms with Gasteiger partial charge in [0, 0.05) is 50.5 Å². The van der Waals surface area contributed by atoms with Gasteiger partial charge in [0.2, 0.25) is 5.95 Å². The Bertz CT molecular complexity index is 550. The molecule has 21 heavy (non-hydrogen) atoms. The number of hydrogen-bond donors (Lipinski definition) is 1. The highest BCUT2D eigenvalue weighted by molar-refractivity contribution is 7.13. The lowest BCUT2D eigenvalue weighted by atomic mass is 10.3. The molecule has 0 bridgehead atoms. The van der Waals surface area contributed by atoms with Gasteiger partial charge in [-0.3, -0.25) is 0 Å². The second-order valence-electron chi connectivity index (χ2n) is 4.95. The lowest BCUT2D eigenvalue weighted by Crippen LogP contribution is -2.46. The van der Waals surface area contributed by atoms with Gasteiger partial charge in [-0.2, -0.15) is 4.98 Å². The van der Waals surface area contributed by atoms with Gasteiger partial charge in [0.25, 0.3) is 0 Å². The standard InChI is InChI=1S/C14H20N6S/c1-2-4-15-13-16-5-3-12(18-13)19-7-9-20(10-8-19)14-17-6-11-21-14/h3,5-6,11H,2,4,7-10H2,1H3,(H,15,16,18). The van der Waals surface area contributed by atoms with Crippen LogP contribution in [0.3, 0.4) is 0 Å². The fourth-order valence-electron chi connectivity index (χ4n) is 2.35. The minimum absolute atomic E-state index is 0.719. The molecule has 0 atom stereocenters. The molecule has 6 nitrogen and oxygen atoms in total. The zero-order chi connectivity index (χ0) is 14.5. The van der Waals surface area contributed by atoms with Crippen LogP contribution in [0.5, 0.6) is 0 Å². The zero-order valence-corrected chi connectivity index (χ0v) is 13.0. The van der Waals surface area contributed by atoms with Crippen LogP contribution in [0.15, 0.2) is 23.8 Å². The number of aromatic nitrogens is 3. The van der Waals surface area contributed by atoms with Crippen molar-refractivity contribution in [3.05, 3.63) is 23.8 Å². The van der Waals surface area contributed by atoms with E-state index < -0.39 is 0 Å². The maximum absolute atomic E-state index is 4.59. The largest absolute Gasteiger partial charge is 0.354 e. The van der Waals surface area contributed by atoms with Crippen molar-refractivity contribution in [3.63, 3.8) is 0 Å². The third-order valence-corrected chi connectivity index (χ3v) is 4.30. The van der Waals surface area contributed by atoms with Crippen molar-refractivity contribution in [2.24, 2.45) is 0 Å². The summed E-state index contributed by atoms with van der Waals surface area (Å²) in [6.07, 6.45) is 4.76. The van der Waals surface area contributed by atoms with Gasteiger partial charge >= 0.3 is 0 Å². The van der Waals surface area contributed by atoms with E-state index in [9.17, 15) is 0 Å². The lowest BCUT2D eigenvalue weighted by molar-refractivity contribution is 0.645. The van der Waals surface area contributed by atoms with Crippen molar-refractivity contribution in [2.75, 3.05) is 47.8 Å². The third kappa shape index (κ3) is 3.41. The molecule has 0 spiro atoms. The first-order valence-electron chi connectivity index (χ1n) is 7.33. The molecular weight excluding hydrogens is 284 g/mol. The summed E-state index contributed by atoms with van der Waals surface area (Å²) >= 11 is 1.70. The molecule has 3 heterocycles. The molecule has 0 aromatic carbocycles. The number of nitrogens with one attached hydrogen (secondary N) is 1. The average Bonchev–Trinajstić information content (AvgIpc) is 3.08. The summed E-state index contributed by atoms with van der Waals surface area (Å²) < 4.78 is 0. The Morgan fingerprint density at radius 1 is 1.14 bits per heavy atom. The highest BCUT2D eigenvalue weighted by atomic mass is 32.1. The quantitative estimate of drug-likeness (QED) is 0.913.